The summed E-state index contributed by atoms with van der Waals surface area (Å²) in [4.78, 5) is 14.5. The number of aromatic nitrogens is 1. The minimum Gasteiger partial charge on any atom is -0.494 e. The van der Waals surface area contributed by atoms with E-state index in [1.165, 1.54) is 51.7 Å². The Morgan fingerprint density at radius 1 is 0.867 bits per heavy atom. The van der Waals surface area contributed by atoms with E-state index in [1.807, 2.05) is 0 Å². The summed E-state index contributed by atoms with van der Waals surface area (Å²) in [6.07, 6.45) is 4.85. The first kappa shape index (κ1) is 22.4. The number of benzene rings is 1. The Labute approximate surface area is 175 Å². The van der Waals surface area contributed by atoms with E-state index >= 15 is 0 Å². The van der Waals surface area contributed by atoms with Crippen LogP contribution in [0.25, 0.3) is 5.69 Å². The van der Waals surface area contributed by atoms with E-state index in [4.69, 9.17) is 4.74 Å². The Hall–Kier alpha value is -2.28. The van der Waals surface area contributed by atoms with Crippen LogP contribution in [-0.4, -0.2) is 35.7 Å². The second kappa shape index (κ2) is 10.7. The fourth-order valence-electron chi connectivity index (χ4n) is 3.72. The molecule has 0 spiro atoms. The first-order chi connectivity index (χ1) is 14.4. The van der Waals surface area contributed by atoms with Crippen molar-refractivity contribution in [3.05, 3.63) is 58.5 Å². The van der Waals surface area contributed by atoms with E-state index in [9.17, 15) is 18.0 Å². The highest BCUT2D eigenvalue weighted by Gasteiger charge is 2.31. The molecule has 1 aromatic carbocycles. The SMILES string of the molecule is O=c1ccc(C(F)(F)F)cn1-c1ccc(OCCCCCCN2CCCCC2)cc1. The fraction of sp³-hybridized carbons (Fsp3) is 0.522. The summed E-state index contributed by atoms with van der Waals surface area (Å²) in [6.45, 7) is 4.28. The van der Waals surface area contributed by atoms with Crippen LogP contribution < -0.4 is 10.3 Å². The maximum Gasteiger partial charge on any atom is 0.417 e. The van der Waals surface area contributed by atoms with Gasteiger partial charge in [-0.3, -0.25) is 9.36 Å². The molecular formula is C23H29F3N2O2. The highest BCUT2D eigenvalue weighted by Crippen LogP contribution is 2.28. The lowest BCUT2D eigenvalue weighted by molar-refractivity contribution is -0.138. The average Bonchev–Trinajstić information content (AvgIpc) is 2.74. The minimum atomic E-state index is -4.49. The lowest BCUT2D eigenvalue weighted by atomic mass is 10.1. The van der Waals surface area contributed by atoms with Crippen molar-refractivity contribution in [3.8, 4) is 11.4 Å². The molecule has 164 valence electrons. The van der Waals surface area contributed by atoms with Gasteiger partial charge in [0.1, 0.15) is 5.75 Å². The predicted octanol–water partition coefficient (Wildman–Crippen LogP) is 5.28. The molecule has 0 aliphatic carbocycles. The number of hydrogen-bond donors (Lipinski definition) is 0. The van der Waals surface area contributed by atoms with E-state index in [-0.39, 0.29) is 0 Å². The largest absolute Gasteiger partial charge is 0.494 e. The van der Waals surface area contributed by atoms with Crippen molar-refractivity contribution < 1.29 is 17.9 Å². The second-order valence-corrected chi connectivity index (χ2v) is 7.78. The third kappa shape index (κ3) is 6.62. The number of unbranched alkanes of at least 4 members (excludes halogenated alkanes) is 3. The second-order valence-electron chi connectivity index (χ2n) is 7.78. The van der Waals surface area contributed by atoms with E-state index in [0.29, 0.717) is 18.0 Å². The van der Waals surface area contributed by atoms with Gasteiger partial charge in [0.25, 0.3) is 5.56 Å². The van der Waals surface area contributed by atoms with Gasteiger partial charge in [0.05, 0.1) is 12.2 Å². The molecule has 4 nitrogen and oxygen atoms in total. The van der Waals surface area contributed by atoms with Crippen LogP contribution in [0.3, 0.4) is 0 Å². The van der Waals surface area contributed by atoms with E-state index in [0.717, 1.165) is 35.7 Å². The molecule has 0 atom stereocenters. The summed E-state index contributed by atoms with van der Waals surface area (Å²) in [7, 11) is 0. The van der Waals surface area contributed by atoms with Crippen LogP contribution in [0.5, 0.6) is 5.75 Å². The van der Waals surface area contributed by atoms with Crippen molar-refractivity contribution in [2.75, 3.05) is 26.2 Å². The molecule has 1 aliphatic heterocycles. The molecule has 2 aromatic rings. The molecule has 0 amide bonds. The van der Waals surface area contributed by atoms with Gasteiger partial charge in [0.2, 0.25) is 0 Å². The normalized spacial score (nSPS) is 15.3. The van der Waals surface area contributed by atoms with E-state index in [2.05, 4.69) is 4.90 Å². The van der Waals surface area contributed by atoms with Crippen molar-refractivity contribution in [2.24, 2.45) is 0 Å². The predicted molar refractivity (Wildman–Crippen MR) is 111 cm³/mol. The molecule has 3 rings (SSSR count). The van der Waals surface area contributed by atoms with E-state index < -0.39 is 17.3 Å². The molecule has 2 heterocycles. The highest BCUT2D eigenvalue weighted by atomic mass is 19.4. The van der Waals surface area contributed by atoms with Crippen molar-refractivity contribution in [2.45, 2.75) is 51.1 Å². The Bertz CT molecular complexity index is 841. The number of likely N-dealkylation sites (tertiary alicyclic amines) is 1. The van der Waals surface area contributed by atoms with Gasteiger partial charge in [0.15, 0.2) is 0 Å². The molecule has 30 heavy (non-hydrogen) atoms. The summed E-state index contributed by atoms with van der Waals surface area (Å²) in [5, 5.41) is 0. The molecule has 1 fully saturated rings. The van der Waals surface area contributed by atoms with Crippen molar-refractivity contribution >= 4 is 0 Å². The monoisotopic (exact) mass is 422 g/mol. The first-order valence-electron chi connectivity index (χ1n) is 10.7. The summed E-state index contributed by atoms with van der Waals surface area (Å²) in [6, 6.07) is 8.27. The summed E-state index contributed by atoms with van der Waals surface area (Å²) in [5.74, 6) is 0.645. The Balaban J connectivity index is 1.41. The van der Waals surface area contributed by atoms with Crippen LogP contribution in [0, 0.1) is 0 Å². The topological polar surface area (TPSA) is 34.5 Å². The molecular weight excluding hydrogens is 393 g/mol. The highest BCUT2D eigenvalue weighted by molar-refractivity contribution is 5.38. The van der Waals surface area contributed by atoms with Crippen molar-refractivity contribution in [3.63, 3.8) is 0 Å². The number of halogens is 3. The zero-order valence-electron chi connectivity index (χ0n) is 17.2. The third-order valence-electron chi connectivity index (χ3n) is 5.44. The van der Waals surface area contributed by atoms with Gasteiger partial charge in [-0.1, -0.05) is 19.3 Å². The Morgan fingerprint density at radius 2 is 1.57 bits per heavy atom. The minimum absolute atomic E-state index is 0.371. The van der Waals surface area contributed by atoms with E-state index in [1.54, 1.807) is 24.3 Å². The number of pyridine rings is 1. The number of ether oxygens (including phenoxy) is 1. The zero-order chi connectivity index (χ0) is 21.4. The number of alkyl halides is 3. The van der Waals surface area contributed by atoms with Crippen LogP contribution in [0.2, 0.25) is 0 Å². The molecule has 7 heteroatoms. The third-order valence-corrected chi connectivity index (χ3v) is 5.44. The molecule has 0 bridgehead atoms. The molecule has 1 aromatic heterocycles. The molecule has 0 radical (unpaired) electrons. The molecule has 0 N–H and O–H groups in total. The summed E-state index contributed by atoms with van der Waals surface area (Å²) >= 11 is 0. The number of rotatable bonds is 9. The van der Waals surface area contributed by atoms with Crippen LogP contribution in [0.1, 0.15) is 50.5 Å². The maximum atomic E-state index is 12.9. The molecule has 1 saturated heterocycles. The zero-order valence-corrected chi connectivity index (χ0v) is 17.2. The van der Waals surface area contributed by atoms with Crippen LogP contribution >= 0.6 is 0 Å². The Kier molecular flexibility index (Phi) is 7.96. The van der Waals surface area contributed by atoms with Gasteiger partial charge < -0.3 is 9.64 Å². The number of piperidine rings is 1. The lowest BCUT2D eigenvalue weighted by Gasteiger charge is -2.26. The van der Waals surface area contributed by atoms with Gasteiger partial charge in [-0.2, -0.15) is 13.2 Å². The fourth-order valence-corrected chi connectivity index (χ4v) is 3.72. The van der Waals surface area contributed by atoms with Crippen LogP contribution in [0.15, 0.2) is 47.4 Å². The summed E-state index contributed by atoms with van der Waals surface area (Å²) < 4.78 is 45.4. The van der Waals surface area contributed by atoms with Gasteiger partial charge in [-0.05, 0) is 75.6 Å². The van der Waals surface area contributed by atoms with Gasteiger partial charge in [0, 0.05) is 18.0 Å². The number of hydrogen-bond acceptors (Lipinski definition) is 3. The maximum absolute atomic E-state index is 12.9. The van der Waals surface area contributed by atoms with Crippen LogP contribution in [-0.2, 0) is 6.18 Å². The van der Waals surface area contributed by atoms with Crippen LogP contribution in [0.4, 0.5) is 13.2 Å². The van der Waals surface area contributed by atoms with Crippen molar-refractivity contribution in [1.82, 2.24) is 9.47 Å². The lowest BCUT2D eigenvalue weighted by Crippen LogP contribution is -2.30. The molecule has 1 aliphatic rings. The van der Waals surface area contributed by atoms with Gasteiger partial charge >= 0.3 is 6.18 Å². The standard InChI is InChI=1S/C23H29F3N2O2/c24-23(25,26)19-8-13-22(29)28(18-19)20-9-11-21(12-10-20)30-17-7-2-1-4-14-27-15-5-3-6-16-27/h8-13,18H,1-7,14-17H2. The molecule has 0 unspecified atom stereocenters. The van der Waals surface area contributed by atoms with Crippen molar-refractivity contribution in [1.29, 1.82) is 0 Å². The smallest absolute Gasteiger partial charge is 0.417 e. The quantitative estimate of drug-likeness (QED) is 0.516. The van der Waals surface area contributed by atoms with Gasteiger partial charge in [-0.25, -0.2) is 0 Å². The average molecular weight is 422 g/mol. The summed E-state index contributed by atoms with van der Waals surface area (Å²) in [5.41, 5.74) is -1.000. The Morgan fingerprint density at radius 3 is 2.27 bits per heavy atom. The van der Waals surface area contributed by atoms with Gasteiger partial charge in [-0.15, -0.1) is 0 Å². The number of nitrogens with zero attached hydrogens (tertiary/aromatic N) is 2. The molecule has 0 saturated carbocycles. The first-order valence-corrected chi connectivity index (χ1v) is 10.7.